The first kappa shape index (κ1) is 17.5. The van der Waals surface area contributed by atoms with E-state index in [-0.39, 0.29) is 18.3 Å². The highest BCUT2D eigenvalue weighted by molar-refractivity contribution is 6.31. The van der Waals surface area contributed by atoms with E-state index < -0.39 is 5.97 Å². The molecule has 1 aromatic heterocycles. The lowest BCUT2D eigenvalue weighted by molar-refractivity contribution is -0.132. The predicted molar refractivity (Wildman–Crippen MR) is 95.6 cm³/mol. The van der Waals surface area contributed by atoms with E-state index in [2.05, 4.69) is 6.08 Å². The van der Waals surface area contributed by atoms with Gasteiger partial charge >= 0.3 is 5.97 Å². The van der Waals surface area contributed by atoms with Gasteiger partial charge in [-0.15, -0.1) is 0 Å². The molecule has 25 heavy (non-hydrogen) atoms. The molecule has 5 nitrogen and oxygen atoms in total. The van der Waals surface area contributed by atoms with Crippen LogP contribution >= 0.6 is 11.6 Å². The smallest absolute Gasteiger partial charge is 0.375 e. The molecule has 0 unspecified atom stereocenters. The molecule has 0 spiro atoms. The van der Waals surface area contributed by atoms with Gasteiger partial charge in [-0.3, -0.25) is 4.79 Å². The summed E-state index contributed by atoms with van der Waals surface area (Å²) in [4.78, 5) is 26.4. The van der Waals surface area contributed by atoms with Crippen LogP contribution in [-0.2, 0) is 9.53 Å². The molecule has 0 radical (unpaired) electrons. The van der Waals surface area contributed by atoms with Crippen LogP contribution in [0.15, 0.2) is 34.4 Å². The predicted octanol–water partition coefficient (Wildman–Crippen LogP) is 4.47. The molecule has 3 rings (SSSR count). The highest BCUT2D eigenvalue weighted by atomic mass is 35.5. The van der Waals surface area contributed by atoms with Crippen molar-refractivity contribution in [2.45, 2.75) is 33.1 Å². The highest BCUT2D eigenvalue weighted by Crippen LogP contribution is 2.28. The summed E-state index contributed by atoms with van der Waals surface area (Å²) in [6.45, 7) is 3.93. The molecule has 1 aliphatic carbocycles. The Bertz CT molecular complexity index is 852. The molecule has 0 N–H and O–H groups in total. The number of likely N-dealkylation sites (N-methyl/N-ethyl adjacent to an activating group) is 1. The lowest BCUT2D eigenvalue weighted by Gasteiger charge is -2.21. The quantitative estimate of drug-likeness (QED) is 0.737. The lowest BCUT2D eigenvalue weighted by Crippen LogP contribution is -2.33. The maximum Gasteiger partial charge on any atom is 0.375 e. The first-order valence-corrected chi connectivity index (χ1v) is 8.74. The Morgan fingerprint density at radius 3 is 2.84 bits per heavy atom. The van der Waals surface area contributed by atoms with Crippen LogP contribution in [0.2, 0.25) is 5.02 Å². The van der Waals surface area contributed by atoms with Gasteiger partial charge in [0.15, 0.2) is 6.61 Å². The Balaban J connectivity index is 1.70. The molecule has 0 bridgehead atoms. The largest absolute Gasteiger partial charge is 0.450 e. The van der Waals surface area contributed by atoms with Crippen LogP contribution in [-0.4, -0.2) is 29.9 Å². The minimum absolute atomic E-state index is 0.105. The van der Waals surface area contributed by atoms with E-state index in [0.717, 1.165) is 30.3 Å². The number of fused-ring (bicyclic) bond motifs is 1. The first-order valence-electron chi connectivity index (χ1n) is 8.36. The van der Waals surface area contributed by atoms with Crippen LogP contribution in [0.3, 0.4) is 0 Å². The van der Waals surface area contributed by atoms with E-state index in [1.54, 1.807) is 30.0 Å². The van der Waals surface area contributed by atoms with Gasteiger partial charge in [-0.2, -0.15) is 0 Å². The summed E-state index contributed by atoms with van der Waals surface area (Å²) in [5.41, 5.74) is 2.23. The minimum atomic E-state index is -0.644. The van der Waals surface area contributed by atoms with Crippen LogP contribution < -0.4 is 0 Å². The molecule has 1 amide bonds. The number of amides is 1. The van der Waals surface area contributed by atoms with Crippen molar-refractivity contribution in [2.75, 3.05) is 13.2 Å². The SMILES string of the molecule is CCN(C(=O)COC(=O)c1oc2ccc(Cl)cc2c1C)C1=CCCC1. The number of ether oxygens (including phenoxy) is 1. The van der Waals surface area contributed by atoms with E-state index in [1.165, 1.54) is 0 Å². The first-order chi connectivity index (χ1) is 12.0. The molecule has 0 fully saturated rings. The van der Waals surface area contributed by atoms with E-state index in [9.17, 15) is 9.59 Å². The second-order valence-electron chi connectivity index (χ2n) is 6.00. The summed E-state index contributed by atoms with van der Waals surface area (Å²) in [7, 11) is 0. The lowest BCUT2D eigenvalue weighted by atomic mass is 10.1. The van der Waals surface area contributed by atoms with E-state index in [4.69, 9.17) is 20.8 Å². The van der Waals surface area contributed by atoms with Gasteiger partial charge in [0.05, 0.1) is 0 Å². The topological polar surface area (TPSA) is 59.8 Å². The number of rotatable bonds is 5. The average molecular weight is 362 g/mol. The number of nitrogens with zero attached hydrogens (tertiary/aromatic N) is 1. The standard InChI is InChI=1S/C19H20ClNO4/c1-3-21(14-6-4-5-7-14)17(22)11-24-19(23)18-12(2)15-10-13(20)8-9-16(15)25-18/h6,8-10H,3-5,7,11H2,1-2H3. The van der Waals surface area contributed by atoms with Crippen LogP contribution in [0.25, 0.3) is 11.0 Å². The Labute approximate surface area is 151 Å². The molecular weight excluding hydrogens is 342 g/mol. The number of carbonyl (C=O) groups excluding carboxylic acids is 2. The Morgan fingerprint density at radius 2 is 2.16 bits per heavy atom. The summed E-state index contributed by atoms with van der Waals surface area (Å²) < 4.78 is 10.8. The number of esters is 1. The fourth-order valence-corrected chi connectivity index (χ4v) is 3.27. The summed E-state index contributed by atoms with van der Waals surface area (Å²) in [5, 5.41) is 1.33. The number of benzene rings is 1. The van der Waals surface area contributed by atoms with Crippen molar-refractivity contribution in [1.29, 1.82) is 0 Å². The molecule has 1 aromatic carbocycles. The van der Waals surface area contributed by atoms with Crippen molar-refractivity contribution < 1.29 is 18.7 Å². The van der Waals surface area contributed by atoms with Crippen LogP contribution in [0, 0.1) is 6.92 Å². The van der Waals surface area contributed by atoms with Gasteiger partial charge in [-0.05, 0) is 51.3 Å². The maximum atomic E-state index is 12.4. The third-order valence-electron chi connectivity index (χ3n) is 4.39. The Hall–Kier alpha value is -2.27. The molecule has 0 aliphatic heterocycles. The zero-order chi connectivity index (χ0) is 18.0. The van der Waals surface area contributed by atoms with Gasteiger partial charge in [-0.25, -0.2) is 4.79 Å². The fourth-order valence-electron chi connectivity index (χ4n) is 3.10. The fraction of sp³-hybridized carbons (Fsp3) is 0.368. The van der Waals surface area contributed by atoms with Gasteiger partial charge < -0.3 is 14.1 Å². The molecule has 0 saturated heterocycles. The van der Waals surface area contributed by atoms with Crippen LogP contribution in [0.4, 0.5) is 0 Å². The van der Waals surface area contributed by atoms with Crippen molar-refractivity contribution in [3.05, 3.63) is 46.3 Å². The van der Waals surface area contributed by atoms with Crippen LogP contribution in [0.1, 0.15) is 42.3 Å². The van der Waals surface area contributed by atoms with E-state index in [0.29, 0.717) is 22.7 Å². The monoisotopic (exact) mass is 361 g/mol. The van der Waals surface area contributed by atoms with Crippen molar-refractivity contribution in [1.82, 2.24) is 4.90 Å². The summed E-state index contributed by atoms with van der Waals surface area (Å²) >= 11 is 5.98. The molecule has 0 saturated carbocycles. The summed E-state index contributed by atoms with van der Waals surface area (Å²) in [6.07, 6.45) is 4.99. The summed E-state index contributed by atoms with van der Waals surface area (Å²) in [6, 6.07) is 5.14. The number of halogens is 1. The van der Waals surface area contributed by atoms with Gasteiger partial charge in [-0.1, -0.05) is 17.7 Å². The second-order valence-corrected chi connectivity index (χ2v) is 6.43. The molecule has 1 heterocycles. The molecular formula is C19H20ClNO4. The molecule has 2 aromatic rings. The maximum absolute atomic E-state index is 12.4. The number of carbonyl (C=O) groups is 2. The number of aryl methyl sites for hydroxylation is 1. The summed E-state index contributed by atoms with van der Waals surface area (Å²) in [5.74, 6) is -0.761. The third kappa shape index (κ3) is 3.56. The Kier molecular flexibility index (Phi) is 5.13. The van der Waals surface area contributed by atoms with Gasteiger partial charge in [0, 0.05) is 28.2 Å². The Morgan fingerprint density at radius 1 is 1.36 bits per heavy atom. The minimum Gasteiger partial charge on any atom is -0.450 e. The van der Waals surface area contributed by atoms with Crippen molar-refractivity contribution >= 4 is 34.4 Å². The second kappa shape index (κ2) is 7.31. The normalized spacial score (nSPS) is 13.8. The zero-order valence-electron chi connectivity index (χ0n) is 14.3. The molecule has 1 aliphatic rings. The molecule has 132 valence electrons. The third-order valence-corrected chi connectivity index (χ3v) is 4.63. The van der Waals surface area contributed by atoms with Gasteiger partial charge in [0.25, 0.3) is 5.91 Å². The zero-order valence-corrected chi connectivity index (χ0v) is 15.1. The van der Waals surface area contributed by atoms with Crippen LogP contribution in [0.5, 0.6) is 0 Å². The van der Waals surface area contributed by atoms with Crippen molar-refractivity contribution in [2.24, 2.45) is 0 Å². The number of furan rings is 1. The number of hydrogen-bond acceptors (Lipinski definition) is 4. The number of hydrogen-bond donors (Lipinski definition) is 0. The van der Waals surface area contributed by atoms with E-state index >= 15 is 0 Å². The van der Waals surface area contributed by atoms with Crippen molar-refractivity contribution in [3.8, 4) is 0 Å². The highest BCUT2D eigenvalue weighted by Gasteiger charge is 2.23. The number of allylic oxidation sites excluding steroid dienone is 2. The van der Waals surface area contributed by atoms with Gasteiger partial charge in [0.2, 0.25) is 5.76 Å². The average Bonchev–Trinajstić information content (AvgIpc) is 3.22. The van der Waals surface area contributed by atoms with Gasteiger partial charge in [0.1, 0.15) is 5.58 Å². The molecule has 6 heteroatoms. The molecule has 0 atom stereocenters. The van der Waals surface area contributed by atoms with E-state index in [1.807, 2.05) is 6.92 Å². The van der Waals surface area contributed by atoms with Crippen molar-refractivity contribution in [3.63, 3.8) is 0 Å².